The highest BCUT2D eigenvalue weighted by molar-refractivity contribution is 5.96. The average Bonchev–Trinajstić information content (AvgIpc) is 3.05. The fourth-order valence-corrected chi connectivity index (χ4v) is 3.00. The monoisotopic (exact) mass is 291 g/mol. The van der Waals surface area contributed by atoms with Crippen molar-refractivity contribution in [3.8, 4) is 5.75 Å². The number of para-hydroxylation sites is 1. The van der Waals surface area contributed by atoms with Gasteiger partial charge in [-0.05, 0) is 31.5 Å². The van der Waals surface area contributed by atoms with Crippen LogP contribution in [0.3, 0.4) is 0 Å². The van der Waals surface area contributed by atoms with Crippen molar-refractivity contribution in [1.82, 2.24) is 10.3 Å². The Labute approximate surface area is 126 Å². The number of hydrazine groups is 1. The van der Waals surface area contributed by atoms with Crippen LogP contribution in [0.15, 0.2) is 24.3 Å². The maximum atomic E-state index is 11.7. The van der Waals surface area contributed by atoms with Crippen LogP contribution in [0.4, 0.5) is 0 Å². The predicted octanol–water partition coefficient (Wildman–Crippen LogP) is 1.93. The van der Waals surface area contributed by atoms with Gasteiger partial charge in [0.15, 0.2) is 0 Å². The summed E-state index contributed by atoms with van der Waals surface area (Å²) in [5.74, 6) is 5.45. The Morgan fingerprint density at radius 2 is 2.10 bits per heavy atom. The van der Waals surface area contributed by atoms with Crippen molar-refractivity contribution < 1.29 is 9.53 Å². The lowest BCUT2D eigenvalue weighted by Crippen LogP contribution is -2.36. The van der Waals surface area contributed by atoms with Gasteiger partial charge in [0.1, 0.15) is 12.4 Å². The normalized spacial score (nSPS) is 15.4. The molecule has 1 fully saturated rings. The third kappa shape index (κ3) is 4.19. The summed E-state index contributed by atoms with van der Waals surface area (Å²) in [6, 6.07) is 7.87. The second-order valence-electron chi connectivity index (χ2n) is 5.38. The average molecular weight is 291 g/mol. The van der Waals surface area contributed by atoms with E-state index in [9.17, 15) is 4.79 Å². The van der Waals surface area contributed by atoms with Crippen LogP contribution in [0.5, 0.6) is 5.75 Å². The zero-order chi connectivity index (χ0) is 15.1. The standard InChI is InChI=1S/C16H25N3O2/c1-2-19(13-7-3-4-8-13)11-12-21-15-10-6-5-9-14(15)16(20)18-17/h5-6,9-10,13H,2-4,7-8,11-12,17H2,1H3,(H,18,20). The number of nitrogens with two attached hydrogens (primary N) is 1. The van der Waals surface area contributed by atoms with Crippen LogP contribution in [0, 0.1) is 0 Å². The van der Waals surface area contributed by atoms with Crippen LogP contribution < -0.4 is 16.0 Å². The molecular weight excluding hydrogens is 266 g/mol. The van der Waals surface area contributed by atoms with E-state index in [0.717, 1.165) is 13.1 Å². The molecule has 1 amide bonds. The molecular formula is C16H25N3O2. The van der Waals surface area contributed by atoms with E-state index in [1.807, 2.05) is 6.07 Å². The second kappa shape index (κ2) is 8.00. The Morgan fingerprint density at radius 1 is 1.38 bits per heavy atom. The number of ether oxygens (including phenoxy) is 1. The van der Waals surface area contributed by atoms with Gasteiger partial charge in [-0.2, -0.15) is 0 Å². The number of likely N-dealkylation sites (N-methyl/N-ethyl adjacent to an activating group) is 1. The lowest BCUT2D eigenvalue weighted by molar-refractivity contribution is 0.0948. The topological polar surface area (TPSA) is 67.6 Å². The molecule has 0 bridgehead atoms. The molecule has 0 atom stereocenters. The maximum Gasteiger partial charge on any atom is 0.268 e. The molecule has 116 valence electrons. The van der Waals surface area contributed by atoms with Crippen molar-refractivity contribution in [2.45, 2.75) is 38.6 Å². The van der Waals surface area contributed by atoms with Crippen molar-refractivity contribution in [3.05, 3.63) is 29.8 Å². The van der Waals surface area contributed by atoms with Crippen molar-refractivity contribution >= 4 is 5.91 Å². The molecule has 1 saturated carbocycles. The molecule has 5 heteroatoms. The van der Waals surface area contributed by atoms with E-state index >= 15 is 0 Å². The van der Waals surface area contributed by atoms with Crippen LogP contribution in [-0.2, 0) is 0 Å². The molecule has 0 radical (unpaired) electrons. The van der Waals surface area contributed by atoms with Gasteiger partial charge in [0.05, 0.1) is 5.56 Å². The summed E-state index contributed by atoms with van der Waals surface area (Å²) in [6.07, 6.45) is 5.25. The van der Waals surface area contributed by atoms with Crippen LogP contribution in [-0.4, -0.2) is 36.5 Å². The predicted molar refractivity (Wildman–Crippen MR) is 83.1 cm³/mol. The molecule has 0 heterocycles. The number of nitrogens with zero attached hydrogens (tertiary/aromatic N) is 1. The Bertz CT molecular complexity index is 459. The van der Waals surface area contributed by atoms with Crippen LogP contribution in [0.1, 0.15) is 43.0 Å². The SMILES string of the molecule is CCN(CCOc1ccccc1C(=O)NN)C1CCCC1. The molecule has 1 aliphatic carbocycles. The summed E-state index contributed by atoms with van der Waals surface area (Å²) in [6.45, 7) is 4.70. The molecule has 1 aromatic rings. The van der Waals surface area contributed by atoms with Gasteiger partial charge in [0.2, 0.25) is 0 Å². The van der Waals surface area contributed by atoms with Crippen LogP contribution in [0.25, 0.3) is 0 Å². The number of benzene rings is 1. The first-order valence-corrected chi connectivity index (χ1v) is 7.73. The molecule has 0 aliphatic heterocycles. The van der Waals surface area contributed by atoms with E-state index < -0.39 is 0 Å². The summed E-state index contributed by atoms with van der Waals surface area (Å²) in [4.78, 5) is 14.1. The fourth-order valence-electron chi connectivity index (χ4n) is 3.00. The van der Waals surface area contributed by atoms with Crippen molar-refractivity contribution in [2.24, 2.45) is 5.84 Å². The Balaban J connectivity index is 1.89. The van der Waals surface area contributed by atoms with Gasteiger partial charge in [-0.1, -0.05) is 31.9 Å². The van der Waals surface area contributed by atoms with E-state index in [0.29, 0.717) is 24.0 Å². The first kappa shape index (κ1) is 15.8. The minimum absolute atomic E-state index is 0.325. The Morgan fingerprint density at radius 3 is 2.76 bits per heavy atom. The number of nitrogens with one attached hydrogen (secondary N) is 1. The maximum absolute atomic E-state index is 11.7. The third-order valence-corrected chi connectivity index (χ3v) is 4.15. The highest BCUT2D eigenvalue weighted by atomic mass is 16.5. The number of hydrogen-bond donors (Lipinski definition) is 2. The van der Waals surface area contributed by atoms with Gasteiger partial charge in [-0.25, -0.2) is 5.84 Å². The summed E-state index contributed by atoms with van der Waals surface area (Å²) in [7, 11) is 0. The summed E-state index contributed by atoms with van der Waals surface area (Å²) in [5.41, 5.74) is 2.62. The van der Waals surface area contributed by atoms with Gasteiger partial charge in [0.25, 0.3) is 5.91 Å². The highest BCUT2D eigenvalue weighted by Gasteiger charge is 2.21. The quantitative estimate of drug-likeness (QED) is 0.457. The van der Waals surface area contributed by atoms with Gasteiger partial charge >= 0.3 is 0 Å². The van der Waals surface area contributed by atoms with Crippen molar-refractivity contribution in [3.63, 3.8) is 0 Å². The largest absolute Gasteiger partial charge is 0.491 e. The smallest absolute Gasteiger partial charge is 0.268 e. The highest BCUT2D eigenvalue weighted by Crippen LogP contribution is 2.23. The zero-order valence-corrected chi connectivity index (χ0v) is 12.7. The van der Waals surface area contributed by atoms with Gasteiger partial charge < -0.3 is 4.74 Å². The number of amides is 1. The molecule has 2 rings (SSSR count). The van der Waals surface area contributed by atoms with E-state index in [4.69, 9.17) is 10.6 Å². The summed E-state index contributed by atoms with van der Waals surface area (Å²) < 4.78 is 5.79. The van der Waals surface area contributed by atoms with Gasteiger partial charge in [0, 0.05) is 12.6 Å². The first-order valence-electron chi connectivity index (χ1n) is 7.73. The van der Waals surface area contributed by atoms with Crippen LogP contribution >= 0.6 is 0 Å². The van der Waals surface area contributed by atoms with Gasteiger partial charge in [-0.3, -0.25) is 15.1 Å². The zero-order valence-electron chi connectivity index (χ0n) is 12.7. The number of carbonyl (C=O) groups is 1. The van der Waals surface area contributed by atoms with Crippen molar-refractivity contribution in [1.29, 1.82) is 0 Å². The molecule has 5 nitrogen and oxygen atoms in total. The fraction of sp³-hybridized carbons (Fsp3) is 0.562. The van der Waals surface area contributed by atoms with Crippen LogP contribution in [0.2, 0.25) is 0 Å². The lowest BCUT2D eigenvalue weighted by atomic mass is 10.2. The number of carbonyl (C=O) groups excluding carboxylic acids is 1. The minimum atomic E-state index is -0.325. The van der Waals surface area contributed by atoms with Gasteiger partial charge in [-0.15, -0.1) is 0 Å². The molecule has 1 aliphatic rings. The first-order chi connectivity index (χ1) is 10.3. The Hall–Kier alpha value is -1.59. The van der Waals surface area contributed by atoms with E-state index in [1.165, 1.54) is 25.7 Å². The Kier molecular flexibility index (Phi) is 6.02. The summed E-state index contributed by atoms with van der Waals surface area (Å²) >= 11 is 0. The molecule has 3 N–H and O–H groups in total. The van der Waals surface area contributed by atoms with E-state index in [1.54, 1.807) is 18.2 Å². The molecule has 1 aromatic carbocycles. The minimum Gasteiger partial charge on any atom is -0.491 e. The third-order valence-electron chi connectivity index (χ3n) is 4.15. The number of rotatable bonds is 7. The molecule has 0 aromatic heterocycles. The molecule has 0 saturated heterocycles. The number of hydrogen-bond acceptors (Lipinski definition) is 4. The number of nitrogen functional groups attached to an aromatic ring is 1. The molecule has 0 spiro atoms. The second-order valence-corrected chi connectivity index (χ2v) is 5.38. The summed E-state index contributed by atoms with van der Waals surface area (Å²) in [5, 5.41) is 0. The van der Waals surface area contributed by atoms with E-state index in [2.05, 4.69) is 17.2 Å². The van der Waals surface area contributed by atoms with Crippen molar-refractivity contribution in [2.75, 3.05) is 19.7 Å². The van der Waals surface area contributed by atoms with E-state index in [-0.39, 0.29) is 5.91 Å². The molecule has 0 unspecified atom stereocenters. The lowest BCUT2D eigenvalue weighted by Gasteiger charge is -2.27. The molecule has 21 heavy (non-hydrogen) atoms.